The predicted molar refractivity (Wildman–Crippen MR) is 63.8 cm³/mol. The molecule has 0 radical (unpaired) electrons. The molecule has 3 nitrogen and oxygen atoms in total. The summed E-state index contributed by atoms with van der Waals surface area (Å²) < 4.78 is 0. The molecule has 15 heavy (non-hydrogen) atoms. The quantitative estimate of drug-likeness (QED) is 0.731. The van der Waals surface area contributed by atoms with Gasteiger partial charge < -0.3 is 10.6 Å². The predicted octanol–water partition coefficient (Wildman–Crippen LogP) is 0.748. The van der Waals surface area contributed by atoms with Crippen LogP contribution in [0.3, 0.4) is 0 Å². The van der Waals surface area contributed by atoms with Gasteiger partial charge >= 0.3 is 0 Å². The van der Waals surface area contributed by atoms with Gasteiger partial charge in [0.15, 0.2) is 0 Å². The Morgan fingerprint density at radius 1 is 1.33 bits per heavy atom. The van der Waals surface area contributed by atoms with E-state index in [0.29, 0.717) is 6.04 Å². The Morgan fingerprint density at radius 3 is 2.53 bits per heavy atom. The molecular weight excluding hydrogens is 186 g/mol. The van der Waals surface area contributed by atoms with Crippen molar-refractivity contribution < 1.29 is 0 Å². The Bertz CT molecular complexity index is 207. The lowest BCUT2D eigenvalue weighted by molar-refractivity contribution is 0.230. The number of likely N-dealkylation sites (tertiary alicyclic amines) is 2. The minimum Gasteiger partial charge on any atom is -0.328 e. The van der Waals surface area contributed by atoms with Crippen LogP contribution < -0.4 is 5.73 Å². The van der Waals surface area contributed by atoms with E-state index in [0.717, 1.165) is 18.0 Å². The van der Waals surface area contributed by atoms with Gasteiger partial charge in [-0.05, 0) is 46.2 Å². The fourth-order valence-electron chi connectivity index (χ4n) is 3.00. The molecule has 4 unspecified atom stereocenters. The smallest absolute Gasteiger partial charge is 0.0238 e. The van der Waals surface area contributed by atoms with Crippen molar-refractivity contribution in [3.8, 4) is 0 Å². The summed E-state index contributed by atoms with van der Waals surface area (Å²) in [5, 5.41) is 0. The first-order valence-electron chi connectivity index (χ1n) is 6.27. The van der Waals surface area contributed by atoms with Crippen molar-refractivity contribution in [2.45, 2.75) is 44.8 Å². The maximum atomic E-state index is 5.98. The zero-order valence-corrected chi connectivity index (χ0v) is 10.3. The van der Waals surface area contributed by atoms with Crippen LogP contribution in [0.15, 0.2) is 0 Å². The molecule has 0 bridgehead atoms. The zero-order chi connectivity index (χ0) is 11.0. The zero-order valence-electron chi connectivity index (χ0n) is 10.3. The summed E-state index contributed by atoms with van der Waals surface area (Å²) >= 11 is 0. The fraction of sp³-hybridized carbons (Fsp3) is 1.00. The second-order valence-electron chi connectivity index (χ2n) is 5.58. The van der Waals surface area contributed by atoms with Gasteiger partial charge in [-0.1, -0.05) is 0 Å². The molecule has 2 aliphatic rings. The summed E-state index contributed by atoms with van der Waals surface area (Å²) in [4.78, 5) is 5.14. The van der Waals surface area contributed by atoms with Crippen molar-refractivity contribution in [2.75, 3.05) is 26.7 Å². The molecule has 0 amide bonds. The van der Waals surface area contributed by atoms with E-state index in [1.807, 2.05) is 0 Å². The van der Waals surface area contributed by atoms with Crippen LogP contribution in [0.25, 0.3) is 0 Å². The molecule has 0 aromatic heterocycles. The maximum absolute atomic E-state index is 5.98. The van der Waals surface area contributed by atoms with Gasteiger partial charge in [-0.15, -0.1) is 0 Å². The Labute approximate surface area is 93.6 Å². The highest BCUT2D eigenvalue weighted by molar-refractivity contribution is 4.91. The van der Waals surface area contributed by atoms with Crippen LogP contribution in [0, 0.1) is 5.92 Å². The molecule has 2 rings (SSSR count). The van der Waals surface area contributed by atoms with Crippen LogP contribution in [0.1, 0.15) is 26.7 Å². The molecule has 3 heteroatoms. The Morgan fingerprint density at radius 2 is 2.07 bits per heavy atom. The lowest BCUT2D eigenvalue weighted by Gasteiger charge is -2.24. The van der Waals surface area contributed by atoms with E-state index < -0.39 is 0 Å². The van der Waals surface area contributed by atoms with E-state index in [1.165, 1.54) is 32.5 Å². The number of likely N-dealkylation sites (N-methyl/N-ethyl adjacent to an activating group) is 1. The fourth-order valence-corrected chi connectivity index (χ4v) is 3.00. The molecule has 2 N–H and O–H groups in total. The second-order valence-corrected chi connectivity index (χ2v) is 5.58. The molecule has 0 aliphatic carbocycles. The molecule has 2 heterocycles. The third-order valence-electron chi connectivity index (χ3n) is 4.38. The summed E-state index contributed by atoms with van der Waals surface area (Å²) in [7, 11) is 2.24. The van der Waals surface area contributed by atoms with E-state index in [4.69, 9.17) is 5.73 Å². The molecular formula is C12H25N3. The highest BCUT2D eigenvalue weighted by Crippen LogP contribution is 2.27. The van der Waals surface area contributed by atoms with Gasteiger partial charge in [-0.3, -0.25) is 4.90 Å². The molecule has 88 valence electrons. The molecule has 0 spiro atoms. The number of nitrogens with two attached hydrogens (primary N) is 1. The van der Waals surface area contributed by atoms with E-state index in [1.54, 1.807) is 0 Å². The molecule has 2 aliphatic heterocycles. The average molecular weight is 211 g/mol. The SMILES string of the molecule is CC(N)C1CCN(C2CC(C)N(C)C2)C1. The van der Waals surface area contributed by atoms with Crippen molar-refractivity contribution in [1.82, 2.24) is 9.80 Å². The van der Waals surface area contributed by atoms with E-state index >= 15 is 0 Å². The minimum atomic E-state index is 0.367. The van der Waals surface area contributed by atoms with Crippen LogP contribution >= 0.6 is 0 Å². The van der Waals surface area contributed by atoms with Crippen molar-refractivity contribution in [3.05, 3.63) is 0 Å². The van der Waals surface area contributed by atoms with E-state index in [2.05, 4.69) is 30.7 Å². The summed E-state index contributed by atoms with van der Waals surface area (Å²) in [6, 6.07) is 1.91. The van der Waals surface area contributed by atoms with E-state index in [-0.39, 0.29) is 0 Å². The molecule has 0 aromatic rings. The van der Waals surface area contributed by atoms with Gasteiger partial charge in [0, 0.05) is 31.2 Å². The van der Waals surface area contributed by atoms with Crippen LogP contribution in [0.5, 0.6) is 0 Å². The number of nitrogens with zero attached hydrogens (tertiary/aromatic N) is 2. The standard InChI is InChI=1S/C12H25N3/c1-9-6-12(8-14(9)3)15-5-4-11(7-15)10(2)13/h9-12H,4-8,13H2,1-3H3. The van der Waals surface area contributed by atoms with Gasteiger partial charge in [0.2, 0.25) is 0 Å². The van der Waals surface area contributed by atoms with Gasteiger partial charge in [0.1, 0.15) is 0 Å². The molecule has 0 aromatic carbocycles. The summed E-state index contributed by atoms with van der Waals surface area (Å²) in [6.45, 7) is 8.21. The van der Waals surface area contributed by atoms with Crippen LogP contribution in [0.2, 0.25) is 0 Å². The monoisotopic (exact) mass is 211 g/mol. The van der Waals surface area contributed by atoms with Crippen molar-refractivity contribution in [2.24, 2.45) is 11.7 Å². The average Bonchev–Trinajstić information content (AvgIpc) is 2.74. The Balaban J connectivity index is 1.86. The molecule has 4 atom stereocenters. The number of hydrogen-bond donors (Lipinski definition) is 1. The highest BCUT2D eigenvalue weighted by Gasteiger charge is 2.35. The van der Waals surface area contributed by atoms with Gasteiger partial charge in [0.25, 0.3) is 0 Å². The maximum Gasteiger partial charge on any atom is 0.0238 e. The van der Waals surface area contributed by atoms with Crippen molar-refractivity contribution in [3.63, 3.8) is 0 Å². The van der Waals surface area contributed by atoms with Gasteiger partial charge in [-0.25, -0.2) is 0 Å². The summed E-state index contributed by atoms with van der Waals surface area (Å²) in [5.41, 5.74) is 5.98. The lowest BCUT2D eigenvalue weighted by atomic mass is 10.0. The van der Waals surface area contributed by atoms with Crippen molar-refractivity contribution >= 4 is 0 Å². The normalized spacial score (nSPS) is 41.2. The first kappa shape index (κ1) is 11.4. The molecule has 0 saturated carbocycles. The molecule has 2 saturated heterocycles. The van der Waals surface area contributed by atoms with Crippen LogP contribution in [0.4, 0.5) is 0 Å². The minimum absolute atomic E-state index is 0.367. The highest BCUT2D eigenvalue weighted by atomic mass is 15.3. The number of rotatable bonds is 2. The third-order valence-corrected chi connectivity index (χ3v) is 4.38. The third kappa shape index (κ3) is 2.35. The second kappa shape index (κ2) is 4.40. The lowest BCUT2D eigenvalue weighted by Crippen LogP contribution is -2.37. The van der Waals surface area contributed by atoms with Crippen molar-refractivity contribution in [1.29, 1.82) is 0 Å². The Kier molecular flexibility index (Phi) is 3.33. The number of hydrogen-bond acceptors (Lipinski definition) is 3. The van der Waals surface area contributed by atoms with E-state index in [9.17, 15) is 0 Å². The van der Waals surface area contributed by atoms with Gasteiger partial charge in [-0.2, -0.15) is 0 Å². The Hall–Kier alpha value is -0.120. The topological polar surface area (TPSA) is 32.5 Å². The first-order valence-corrected chi connectivity index (χ1v) is 6.27. The molecule has 2 fully saturated rings. The summed E-state index contributed by atoms with van der Waals surface area (Å²) in [6.07, 6.45) is 2.63. The first-order chi connectivity index (χ1) is 7.08. The van der Waals surface area contributed by atoms with Crippen LogP contribution in [-0.2, 0) is 0 Å². The van der Waals surface area contributed by atoms with Gasteiger partial charge in [0.05, 0.1) is 0 Å². The largest absolute Gasteiger partial charge is 0.328 e. The van der Waals surface area contributed by atoms with Crippen LogP contribution in [-0.4, -0.2) is 54.6 Å². The summed E-state index contributed by atoms with van der Waals surface area (Å²) in [5.74, 6) is 0.728.